The summed E-state index contributed by atoms with van der Waals surface area (Å²) in [4.78, 5) is 0. The third-order valence-electron chi connectivity index (χ3n) is 3.16. The highest BCUT2D eigenvalue weighted by molar-refractivity contribution is 5.87. The Hall–Kier alpha value is -1.72. The number of hydrogen-bond donors (Lipinski definition) is 2. The first-order valence-corrected chi connectivity index (χ1v) is 6.35. The largest absolute Gasteiger partial charge is 0.496 e. The zero-order valence-electron chi connectivity index (χ0n) is 11.1. The van der Waals surface area contributed by atoms with Crippen molar-refractivity contribution in [1.82, 2.24) is 5.32 Å². The molecular formula is C15H17F2NO2. The van der Waals surface area contributed by atoms with Gasteiger partial charge >= 0.3 is 0 Å². The molecule has 3 nitrogen and oxygen atoms in total. The molecule has 2 aromatic carbocycles. The molecule has 2 N–H and O–H groups in total. The van der Waals surface area contributed by atoms with Gasteiger partial charge in [-0.15, -0.1) is 0 Å². The first-order chi connectivity index (χ1) is 9.63. The summed E-state index contributed by atoms with van der Waals surface area (Å²) in [5.74, 6) is 0.697. The fraction of sp³-hybridized carbons (Fsp3) is 0.333. The average molecular weight is 281 g/mol. The molecule has 2 rings (SSSR count). The standard InChI is InChI=1S/C15H17F2NO2/c1-20-14-7-6-10-4-2-3-5-11(10)12(14)8-18-9-13(19)15(16)17/h2-7,13,15,18-19H,8-9H2,1H3. The summed E-state index contributed by atoms with van der Waals surface area (Å²) in [5.41, 5.74) is 0.895. The van der Waals surface area contributed by atoms with Gasteiger partial charge in [0, 0.05) is 18.7 Å². The van der Waals surface area contributed by atoms with Crippen molar-refractivity contribution in [2.45, 2.75) is 19.1 Å². The Labute approximate surface area is 116 Å². The maximum absolute atomic E-state index is 12.2. The summed E-state index contributed by atoms with van der Waals surface area (Å²) in [6, 6.07) is 11.6. The van der Waals surface area contributed by atoms with E-state index in [2.05, 4.69) is 5.32 Å². The minimum Gasteiger partial charge on any atom is -0.496 e. The van der Waals surface area contributed by atoms with Gasteiger partial charge in [0.1, 0.15) is 11.9 Å². The SMILES string of the molecule is COc1ccc2ccccc2c1CNCC(O)C(F)F. The van der Waals surface area contributed by atoms with Gasteiger partial charge in [-0.2, -0.15) is 0 Å². The predicted molar refractivity (Wildman–Crippen MR) is 74.2 cm³/mol. The van der Waals surface area contributed by atoms with Crippen molar-refractivity contribution >= 4 is 10.8 Å². The highest BCUT2D eigenvalue weighted by atomic mass is 19.3. The van der Waals surface area contributed by atoms with E-state index in [9.17, 15) is 8.78 Å². The van der Waals surface area contributed by atoms with Crippen molar-refractivity contribution in [1.29, 1.82) is 0 Å². The minimum atomic E-state index is -2.74. The smallest absolute Gasteiger partial charge is 0.265 e. The summed E-state index contributed by atoms with van der Waals surface area (Å²) >= 11 is 0. The van der Waals surface area contributed by atoms with Gasteiger partial charge in [0.15, 0.2) is 0 Å². The molecule has 0 saturated carbocycles. The quantitative estimate of drug-likeness (QED) is 0.855. The van der Waals surface area contributed by atoms with Gasteiger partial charge in [-0.3, -0.25) is 0 Å². The lowest BCUT2D eigenvalue weighted by molar-refractivity contribution is -0.00341. The van der Waals surface area contributed by atoms with Crippen LogP contribution in [0.1, 0.15) is 5.56 Å². The second-order valence-corrected chi connectivity index (χ2v) is 4.50. The van der Waals surface area contributed by atoms with Crippen LogP contribution >= 0.6 is 0 Å². The summed E-state index contributed by atoms with van der Waals surface area (Å²) < 4.78 is 29.8. The lowest BCUT2D eigenvalue weighted by Gasteiger charge is -2.14. The number of rotatable bonds is 6. The molecule has 1 unspecified atom stereocenters. The molecule has 0 saturated heterocycles. The highest BCUT2D eigenvalue weighted by Crippen LogP contribution is 2.27. The van der Waals surface area contributed by atoms with Gasteiger partial charge in [-0.1, -0.05) is 30.3 Å². The molecule has 108 valence electrons. The number of hydrogen-bond acceptors (Lipinski definition) is 3. The van der Waals surface area contributed by atoms with Crippen LogP contribution in [0.25, 0.3) is 10.8 Å². The molecule has 0 amide bonds. The summed E-state index contributed by atoms with van der Waals surface area (Å²) in [6.45, 7) is 0.193. The molecule has 0 heterocycles. The van der Waals surface area contributed by atoms with E-state index < -0.39 is 12.5 Å². The van der Waals surface area contributed by atoms with E-state index in [-0.39, 0.29) is 6.54 Å². The molecule has 2 aromatic rings. The Morgan fingerprint density at radius 2 is 1.95 bits per heavy atom. The number of methoxy groups -OCH3 is 1. The Morgan fingerprint density at radius 3 is 2.65 bits per heavy atom. The third kappa shape index (κ3) is 3.23. The number of aliphatic hydroxyl groups is 1. The molecule has 1 atom stereocenters. The van der Waals surface area contributed by atoms with Crippen molar-refractivity contribution in [2.24, 2.45) is 0 Å². The van der Waals surface area contributed by atoms with Crippen LogP contribution in [0.2, 0.25) is 0 Å². The second-order valence-electron chi connectivity index (χ2n) is 4.50. The van der Waals surface area contributed by atoms with Gasteiger partial charge in [0.05, 0.1) is 7.11 Å². The molecule has 5 heteroatoms. The van der Waals surface area contributed by atoms with Crippen LogP contribution in [0.3, 0.4) is 0 Å². The first-order valence-electron chi connectivity index (χ1n) is 6.35. The van der Waals surface area contributed by atoms with E-state index in [1.165, 1.54) is 0 Å². The van der Waals surface area contributed by atoms with E-state index in [0.29, 0.717) is 12.3 Å². The van der Waals surface area contributed by atoms with Crippen LogP contribution in [0, 0.1) is 0 Å². The Kier molecular flexibility index (Phi) is 4.87. The van der Waals surface area contributed by atoms with Crippen molar-refractivity contribution in [3.63, 3.8) is 0 Å². The van der Waals surface area contributed by atoms with Crippen molar-refractivity contribution < 1.29 is 18.6 Å². The van der Waals surface area contributed by atoms with Crippen LogP contribution in [-0.4, -0.2) is 31.3 Å². The van der Waals surface area contributed by atoms with Gasteiger partial charge in [0.2, 0.25) is 0 Å². The zero-order chi connectivity index (χ0) is 14.5. The number of halogens is 2. The molecular weight excluding hydrogens is 264 g/mol. The molecule has 0 bridgehead atoms. The average Bonchev–Trinajstić information content (AvgIpc) is 2.47. The van der Waals surface area contributed by atoms with Crippen LogP contribution < -0.4 is 10.1 Å². The summed E-state index contributed by atoms with van der Waals surface area (Å²) in [6.07, 6.45) is -4.40. The van der Waals surface area contributed by atoms with E-state index in [1.54, 1.807) is 7.11 Å². The summed E-state index contributed by atoms with van der Waals surface area (Å²) in [5, 5.41) is 14.0. The Bertz CT molecular complexity index is 575. The third-order valence-corrected chi connectivity index (χ3v) is 3.16. The predicted octanol–water partition coefficient (Wildman–Crippen LogP) is 2.56. The van der Waals surface area contributed by atoms with Gasteiger partial charge in [-0.05, 0) is 16.8 Å². The number of benzene rings is 2. The maximum Gasteiger partial charge on any atom is 0.265 e. The molecule has 0 aliphatic heterocycles. The molecule has 0 fully saturated rings. The van der Waals surface area contributed by atoms with Crippen molar-refractivity contribution in [2.75, 3.05) is 13.7 Å². The number of alkyl halides is 2. The fourth-order valence-electron chi connectivity index (χ4n) is 2.12. The molecule has 0 aliphatic rings. The normalized spacial score (nSPS) is 12.8. The lowest BCUT2D eigenvalue weighted by atomic mass is 10.0. The van der Waals surface area contributed by atoms with Gasteiger partial charge in [-0.25, -0.2) is 8.78 Å². The van der Waals surface area contributed by atoms with Crippen LogP contribution in [0.15, 0.2) is 36.4 Å². The minimum absolute atomic E-state index is 0.163. The molecule has 0 aliphatic carbocycles. The Balaban J connectivity index is 2.19. The molecule has 0 aromatic heterocycles. The van der Waals surface area contributed by atoms with Crippen LogP contribution in [0.5, 0.6) is 5.75 Å². The lowest BCUT2D eigenvalue weighted by Crippen LogP contribution is -2.31. The van der Waals surface area contributed by atoms with Crippen molar-refractivity contribution in [3.05, 3.63) is 42.0 Å². The second kappa shape index (κ2) is 6.63. The van der Waals surface area contributed by atoms with E-state index in [1.807, 2.05) is 36.4 Å². The van der Waals surface area contributed by atoms with E-state index in [0.717, 1.165) is 16.3 Å². The molecule has 0 spiro atoms. The van der Waals surface area contributed by atoms with Crippen molar-refractivity contribution in [3.8, 4) is 5.75 Å². The number of aliphatic hydroxyl groups excluding tert-OH is 1. The summed E-state index contributed by atoms with van der Waals surface area (Å²) in [7, 11) is 1.57. The molecule has 0 radical (unpaired) electrons. The Morgan fingerprint density at radius 1 is 1.20 bits per heavy atom. The monoisotopic (exact) mass is 281 g/mol. The number of nitrogens with one attached hydrogen (secondary N) is 1. The maximum atomic E-state index is 12.2. The van der Waals surface area contributed by atoms with Crippen LogP contribution in [-0.2, 0) is 6.54 Å². The zero-order valence-corrected chi connectivity index (χ0v) is 11.1. The highest BCUT2D eigenvalue weighted by Gasteiger charge is 2.16. The van der Waals surface area contributed by atoms with E-state index >= 15 is 0 Å². The fourth-order valence-corrected chi connectivity index (χ4v) is 2.12. The number of ether oxygens (including phenoxy) is 1. The number of fused-ring (bicyclic) bond motifs is 1. The van der Waals surface area contributed by atoms with Gasteiger partial charge in [0.25, 0.3) is 6.43 Å². The van der Waals surface area contributed by atoms with Gasteiger partial charge < -0.3 is 15.2 Å². The first kappa shape index (κ1) is 14.7. The topological polar surface area (TPSA) is 41.5 Å². The van der Waals surface area contributed by atoms with Crippen LogP contribution in [0.4, 0.5) is 8.78 Å². The molecule has 20 heavy (non-hydrogen) atoms. The van der Waals surface area contributed by atoms with E-state index in [4.69, 9.17) is 9.84 Å².